The number of hydrogen-bond donors (Lipinski definition) is 1. The first-order valence-electron chi connectivity index (χ1n) is 13.0. The number of aliphatic hydroxyl groups excluding tert-OH is 1. The second-order valence-corrected chi connectivity index (χ2v) is 9.89. The minimum Gasteiger partial charge on any atom is -0.497 e. The molecule has 1 heterocycles. The fourth-order valence-electron chi connectivity index (χ4n) is 5.10. The van der Waals surface area contributed by atoms with E-state index in [-0.39, 0.29) is 6.61 Å². The monoisotopic (exact) mass is 476 g/mol. The van der Waals surface area contributed by atoms with Crippen molar-refractivity contribution >= 4 is 0 Å². The van der Waals surface area contributed by atoms with E-state index < -0.39 is 6.10 Å². The third-order valence-corrected chi connectivity index (χ3v) is 7.12. The molecule has 35 heavy (non-hydrogen) atoms. The number of aromatic nitrogens is 1. The highest BCUT2D eigenvalue weighted by molar-refractivity contribution is 5.31. The highest BCUT2D eigenvalue weighted by Crippen LogP contribution is 2.25. The van der Waals surface area contributed by atoms with Crippen molar-refractivity contribution in [1.29, 1.82) is 0 Å². The number of nitrogens with zero attached hydrogens (tertiary/aromatic N) is 2. The van der Waals surface area contributed by atoms with E-state index in [4.69, 9.17) is 9.47 Å². The minimum absolute atomic E-state index is 0.276. The van der Waals surface area contributed by atoms with Crippen LogP contribution in [0, 0.1) is 12.8 Å². The zero-order chi connectivity index (χ0) is 24.5. The average Bonchev–Trinajstić information content (AvgIpc) is 3.31. The van der Waals surface area contributed by atoms with Crippen molar-refractivity contribution in [1.82, 2.24) is 9.47 Å². The summed E-state index contributed by atoms with van der Waals surface area (Å²) < 4.78 is 13.4. The highest BCUT2D eigenvalue weighted by Gasteiger charge is 2.21. The zero-order valence-electron chi connectivity index (χ0n) is 21.2. The topological polar surface area (TPSA) is 46.9 Å². The molecule has 1 aliphatic rings. The Balaban J connectivity index is 1.40. The molecule has 4 rings (SSSR count). The van der Waals surface area contributed by atoms with Gasteiger partial charge >= 0.3 is 0 Å². The maximum Gasteiger partial charge on any atom is 0.119 e. The second kappa shape index (κ2) is 12.8. The van der Waals surface area contributed by atoms with Gasteiger partial charge in [0, 0.05) is 38.1 Å². The van der Waals surface area contributed by atoms with E-state index in [9.17, 15) is 5.11 Å². The van der Waals surface area contributed by atoms with Gasteiger partial charge in [-0.1, -0.05) is 43.5 Å². The van der Waals surface area contributed by atoms with E-state index in [0.29, 0.717) is 12.5 Å². The number of methoxy groups -OCH3 is 1. The first kappa shape index (κ1) is 25.3. The van der Waals surface area contributed by atoms with Crippen molar-refractivity contribution in [3.8, 4) is 11.5 Å². The molecule has 1 N–H and O–H groups in total. The largest absolute Gasteiger partial charge is 0.497 e. The summed E-state index contributed by atoms with van der Waals surface area (Å²) >= 11 is 0. The average molecular weight is 477 g/mol. The summed E-state index contributed by atoms with van der Waals surface area (Å²) in [6.07, 6.45) is 8.20. The van der Waals surface area contributed by atoms with Gasteiger partial charge in [0.2, 0.25) is 0 Å². The van der Waals surface area contributed by atoms with Crippen LogP contribution in [0.2, 0.25) is 0 Å². The Labute approximate surface area is 210 Å². The van der Waals surface area contributed by atoms with Crippen LogP contribution < -0.4 is 9.47 Å². The van der Waals surface area contributed by atoms with Crippen molar-refractivity contribution < 1.29 is 14.6 Å². The fraction of sp³-hybridized carbons (Fsp3) is 0.467. The van der Waals surface area contributed by atoms with Crippen LogP contribution in [0.15, 0.2) is 66.9 Å². The van der Waals surface area contributed by atoms with E-state index in [1.54, 1.807) is 7.11 Å². The van der Waals surface area contributed by atoms with E-state index in [0.717, 1.165) is 31.1 Å². The van der Waals surface area contributed by atoms with Gasteiger partial charge in [0.25, 0.3) is 0 Å². The molecule has 1 aromatic heterocycles. The molecule has 3 aromatic rings. The SMILES string of the molecule is COc1ccc(OCC(O)CN(Cc2cccn2Cc2ccccc2C)CC2CCCCC2)cc1. The first-order chi connectivity index (χ1) is 17.1. The smallest absolute Gasteiger partial charge is 0.119 e. The van der Waals surface area contributed by atoms with Gasteiger partial charge in [-0.05, 0) is 73.2 Å². The van der Waals surface area contributed by atoms with Gasteiger partial charge in [-0.3, -0.25) is 4.90 Å². The number of hydrogen-bond acceptors (Lipinski definition) is 4. The molecule has 1 atom stereocenters. The minimum atomic E-state index is -0.555. The number of rotatable bonds is 12. The molecule has 0 radical (unpaired) electrons. The van der Waals surface area contributed by atoms with Crippen LogP contribution in [0.3, 0.4) is 0 Å². The highest BCUT2D eigenvalue weighted by atomic mass is 16.5. The molecular weight excluding hydrogens is 436 g/mol. The summed E-state index contributed by atoms with van der Waals surface area (Å²) in [5.74, 6) is 2.25. The van der Waals surface area contributed by atoms with E-state index in [2.05, 4.69) is 59.0 Å². The van der Waals surface area contributed by atoms with Crippen LogP contribution in [0.25, 0.3) is 0 Å². The summed E-state index contributed by atoms with van der Waals surface area (Å²) in [4.78, 5) is 2.43. The molecule has 5 heteroatoms. The Morgan fingerprint density at radius 1 is 0.971 bits per heavy atom. The maximum atomic E-state index is 10.9. The zero-order valence-corrected chi connectivity index (χ0v) is 21.2. The van der Waals surface area contributed by atoms with Crippen molar-refractivity contribution in [2.24, 2.45) is 5.92 Å². The molecule has 0 aliphatic heterocycles. The van der Waals surface area contributed by atoms with Crippen LogP contribution in [-0.2, 0) is 13.1 Å². The molecule has 5 nitrogen and oxygen atoms in total. The Kier molecular flexibility index (Phi) is 9.27. The van der Waals surface area contributed by atoms with Gasteiger partial charge in [-0.25, -0.2) is 0 Å². The van der Waals surface area contributed by atoms with E-state index in [1.165, 1.54) is 48.9 Å². The van der Waals surface area contributed by atoms with Gasteiger partial charge in [0.05, 0.1) is 7.11 Å². The standard InChI is InChI=1S/C30H40N2O3/c1-24-9-6-7-12-26(24)20-32-18-8-13-27(32)21-31(19-25-10-4-3-5-11-25)22-28(33)23-35-30-16-14-29(34-2)15-17-30/h6-9,12-18,25,28,33H,3-5,10-11,19-23H2,1-2H3. The lowest BCUT2D eigenvalue weighted by Crippen LogP contribution is -2.39. The van der Waals surface area contributed by atoms with Crippen molar-refractivity contribution in [3.05, 3.63) is 83.7 Å². The van der Waals surface area contributed by atoms with Crippen molar-refractivity contribution in [2.45, 2.75) is 58.2 Å². The molecule has 1 fully saturated rings. The number of aliphatic hydroxyl groups is 1. The third kappa shape index (κ3) is 7.61. The van der Waals surface area contributed by atoms with E-state index >= 15 is 0 Å². The maximum absolute atomic E-state index is 10.9. The first-order valence-corrected chi connectivity index (χ1v) is 13.0. The predicted octanol–water partition coefficient (Wildman–Crippen LogP) is 5.68. The fourth-order valence-corrected chi connectivity index (χ4v) is 5.10. The second-order valence-electron chi connectivity index (χ2n) is 9.89. The van der Waals surface area contributed by atoms with Gasteiger partial charge in [-0.2, -0.15) is 0 Å². The van der Waals surface area contributed by atoms with Gasteiger partial charge < -0.3 is 19.1 Å². The summed E-state index contributed by atoms with van der Waals surface area (Å²) in [5, 5.41) is 10.9. The van der Waals surface area contributed by atoms with Crippen LogP contribution in [-0.4, -0.2) is 47.5 Å². The summed E-state index contributed by atoms with van der Waals surface area (Å²) in [6.45, 7) is 5.77. The molecule has 188 valence electrons. The Bertz CT molecular complexity index is 1020. The quantitative estimate of drug-likeness (QED) is 0.366. The molecule has 1 aliphatic carbocycles. The van der Waals surface area contributed by atoms with Gasteiger partial charge in [0.1, 0.15) is 24.2 Å². The number of benzene rings is 2. The lowest BCUT2D eigenvalue weighted by molar-refractivity contribution is 0.0560. The molecular formula is C30H40N2O3. The van der Waals surface area contributed by atoms with Crippen molar-refractivity contribution in [2.75, 3.05) is 26.8 Å². The van der Waals surface area contributed by atoms with Crippen LogP contribution in [0.5, 0.6) is 11.5 Å². The van der Waals surface area contributed by atoms with Crippen LogP contribution in [0.1, 0.15) is 48.9 Å². The Hall–Kier alpha value is -2.76. The summed E-state index contributed by atoms with van der Waals surface area (Å²) in [5.41, 5.74) is 3.95. The van der Waals surface area contributed by atoms with E-state index in [1.807, 2.05) is 24.3 Å². The Morgan fingerprint density at radius 2 is 1.71 bits per heavy atom. The lowest BCUT2D eigenvalue weighted by Gasteiger charge is -2.31. The molecule has 2 aromatic carbocycles. The van der Waals surface area contributed by atoms with Crippen molar-refractivity contribution in [3.63, 3.8) is 0 Å². The van der Waals surface area contributed by atoms with Crippen LogP contribution in [0.4, 0.5) is 0 Å². The summed E-state index contributed by atoms with van der Waals surface area (Å²) in [7, 11) is 1.65. The molecule has 0 spiro atoms. The molecule has 0 saturated heterocycles. The number of aryl methyl sites for hydroxylation is 1. The van der Waals surface area contributed by atoms with Crippen LogP contribution >= 0.6 is 0 Å². The predicted molar refractivity (Wildman–Crippen MR) is 141 cm³/mol. The van der Waals surface area contributed by atoms with Gasteiger partial charge in [0.15, 0.2) is 0 Å². The third-order valence-electron chi connectivity index (χ3n) is 7.12. The summed E-state index contributed by atoms with van der Waals surface area (Å²) in [6, 6.07) is 20.4. The van der Waals surface area contributed by atoms with Gasteiger partial charge in [-0.15, -0.1) is 0 Å². The normalized spacial score (nSPS) is 15.3. The molecule has 1 saturated carbocycles. The number of ether oxygens (including phenoxy) is 2. The molecule has 1 unspecified atom stereocenters. The molecule has 0 amide bonds. The lowest BCUT2D eigenvalue weighted by atomic mass is 9.89. The Morgan fingerprint density at radius 3 is 2.46 bits per heavy atom. The molecule has 0 bridgehead atoms.